The molecule has 9 heteroatoms. The van der Waals surface area contributed by atoms with E-state index in [-0.39, 0.29) is 17.9 Å². The molecule has 4 atom stereocenters. The SMILES string of the molecule is COc1ccc(OC)c(N2C(=O)[C@@H]3[C@H]4CCCN4[C@]4(C(=O)Nc5c(Cl)cc(C)cc54)[C@H]3C2=O)c1. The molecule has 34 heavy (non-hydrogen) atoms. The van der Waals surface area contributed by atoms with Crippen LogP contribution in [-0.4, -0.2) is 49.4 Å². The zero-order chi connectivity index (χ0) is 23.9. The molecule has 0 bridgehead atoms. The van der Waals surface area contributed by atoms with Gasteiger partial charge in [0, 0.05) is 17.7 Å². The highest BCUT2D eigenvalue weighted by Gasteiger charge is 2.75. The minimum atomic E-state index is -1.27. The first-order valence-electron chi connectivity index (χ1n) is 11.3. The molecule has 0 saturated carbocycles. The highest BCUT2D eigenvalue weighted by atomic mass is 35.5. The smallest absolute Gasteiger partial charge is 0.250 e. The van der Waals surface area contributed by atoms with E-state index < -0.39 is 23.3 Å². The number of carbonyl (C=O) groups is 3. The van der Waals surface area contributed by atoms with Crippen LogP contribution in [0.5, 0.6) is 11.5 Å². The highest BCUT2D eigenvalue weighted by Crippen LogP contribution is 2.61. The minimum absolute atomic E-state index is 0.209. The zero-order valence-electron chi connectivity index (χ0n) is 19.1. The molecule has 6 rings (SSSR count). The largest absolute Gasteiger partial charge is 0.497 e. The summed E-state index contributed by atoms with van der Waals surface area (Å²) in [6.07, 6.45) is 1.59. The fraction of sp³-hybridized carbons (Fsp3) is 0.400. The molecule has 8 nitrogen and oxygen atoms in total. The lowest BCUT2D eigenvalue weighted by atomic mass is 9.75. The molecule has 4 aliphatic rings. The molecule has 3 saturated heterocycles. The third kappa shape index (κ3) is 2.45. The highest BCUT2D eigenvalue weighted by molar-refractivity contribution is 6.35. The Morgan fingerprint density at radius 2 is 1.88 bits per heavy atom. The predicted molar refractivity (Wildman–Crippen MR) is 125 cm³/mol. The number of aryl methyl sites for hydroxylation is 1. The summed E-state index contributed by atoms with van der Waals surface area (Å²) >= 11 is 6.52. The van der Waals surface area contributed by atoms with Gasteiger partial charge in [-0.2, -0.15) is 0 Å². The van der Waals surface area contributed by atoms with E-state index >= 15 is 0 Å². The van der Waals surface area contributed by atoms with Gasteiger partial charge in [-0.3, -0.25) is 19.3 Å². The third-order valence-electron chi connectivity index (χ3n) is 7.82. The molecule has 2 aromatic rings. The fourth-order valence-electron chi connectivity index (χ4n) is 6.60. The number of hydrogen-bond donors (Lipinski definition) is 1. The number of benzene rings is 2. The van der Waals surface area contributed by atoms with Gasteiger partial charge in [-0.25, -0.2) is 4.90 Å². The van der Waals surface area contributed by atoms with Crippen molar-refractivity contribution < 1.29 is 23.9 Å². The quantitative estimate of drug-likeness (QED) is 0.678. The van der Waals surface area contributed by atoms with Crippen molar-refractivity contribution in [1.29, 1.82) is 0 Å². The Bertz CT molecular complexity index is 1280. The van der Waals surface area contributed by atoms with E-state index in [2.05, 4.69) is 10.2 Å². The van der Waals surface area contributed by atoms with Gasteiger partial charge in [-0.1, -0.05) is 17.7 Å². The van der Waals surface area contributed by atoms with Crippen molar-refractivity contribution in [3.63, 3.8) is 0 Å². The van der Waals surface area contributed by atoms with E-state index in [1.54, 1.807) is 24.3 Å². The number of anilines is 2. The van der Waals surface area contributed by atoms with E-state index in [1.807, 2.05) is 13.0 Å². The van der Waals surface area contributed by atoms with Gasteiger partial charge in [0.2, 0.25) is 11.8 Å². The maximum Gasteiger partial charge on any atom is 0.250 e. The van der Waals surface area contributed by atoms with Gasteiger partial charge in [-0.15, -0.1) is 0 Å². The van der Waals surface area contributed by atoms with Crippen LogP contribution in [0.25, 0.3) is 0 Å². The van der Waals surface area contributed by atoms with Gasteiger partial charge in [0.1, 0.15) is 17.0 Å². The van der Waals surface area contributed by atoms with E-state index in [4.69, 9.17) is 21.1 Å². The van der Waals surface area contributed by atoms with Crippen molar-refractivity contribution in [2.75, 3.05) is 31.0 Å². The van der Waals surface area contributed by atoms with Crippen molar-refractivity contribution in [2.45, 2.75) is 31.3 Å². The number of nitrogens with zero attached hydrogens (tertiary/aromatic N) is 2. The first-order chi connectivity index (χ1) is 16.3. The molecule has 0 radical (unpaired) electrons. The lowest BCUT2D eigenvalue weighted by Crippen LogP contribution is -2.54. The number of carbonyl (C=O) groups excluding carboxylic acids is 3. The summed E-state index contributed by atoms with van der Waals surface area (Å²) in [5.74, 6) is -1.63. The van der Waals surface area contributed by atoms with E-state index in [0.29, 0.717) is 40.0 Å². The second-order valence-corrected chi connectivity index (χ2v) is 9.75. The molecule has 3 amide bonds. The summed E-state index contributed by atoms with van der Waals surface area (Å²) in [5.41, 5.74) is 1.15. The van der Waals surface area contributed by atoms with Gasteiger partial charge in [0.05, 0.1) is 42.5 Å². The second kappa shape index (κ2) is 7.20. The number of nitrogens with one attached hydrogen (secondary N) is 1. The Hall–Kier alpha value is -3.10. The van der Waals surface area contributed by atoms with Crippen molar-refractivity contribution >= 4 is 40.7 Å². The molecule has 0 aliphatic carbocycles. The number of hydrogen-bond acceptors (Lipinski definition) is 6. The van der Waals surface area contributed by atoms with Crippen molar-refractivity contribution in [1.82, 2.24) is 4.90 Å². The van der Waals surface area contributed by atoms with Crippen LogP contribution in [0.3, 0.4) is 0 Å². The van der Waals surface area contributed by atoms with Gasteiger partial charge < -0.3 is 14.8 Å². The number of amides is 3. The number of fused-ring (bicyclic) bond motifs is 7. The van der Waals surface area contributed by atoms with Gasteiger partial charge in [0.25, 0.3) is 5.91 Å². The molecular weight excluding hydrogens is 458 g/mol. The summed E-state index contributed by atoms with van der Waals surface area (Å²) in [6, 6.07) is 8.50. The summed E-state index contributed by atoms with van der Waals surface area (Å²) in [7, 11) is 3.01. The normalized spacial score (nSPS) is 29.5. The van der Waals surface area contributed by atoms with Crippen LogP contribution < -0.4 is 19.7 Å². The van der Waals surface area contributed by atoms with E-state index in [1.165, 1.54) is 19.1 Å². The van der Waals surface area contributed by atoms with E-state index in [9.17, 15) is 14.4 Å². The second-order valence-electron chi connectivity index (χ2n) is 9.35. The Balaban J connectivity index is 1.57. The topological polar surface area (TPSA) is 88.2 Å². The average molecular weight is 482 g/mol. The first-order valence-corrected chi connectivity index (χ1v) is 11.7. The standard InChI is InChI=1S/C25H24ClN3O5/c1-12-9-14-21(15(26)10-12)27-24(32)25(14)20-19(16-5-4-8-28(16)25)22(30)29(23(20)31)17-11-13(33-2)6-7-18(17)34-3/h6-7,9-11,16,19-20H,4-5,8H2,1-3H3,(H,27,32)/t16-,19-,20-,25+/m1/s1. The van der Waals surface area contributed by atoms with Gasteiger partial charge in [-0.05, 0) is 50.1 Å². The van der Waals surface area contributed by atoms with Gasteiger partial charge in [0.15, 0.2) is 0 Å². The van der Waals surface area contributed by atoms with Crippen LogP contribution in [0.4, 0.5) is 11.4 Å². The number of halogens is 1. The van der Waals surface area contributed by atoms with Crippen molar-refractivity contribution in [2.24, 2.45) is 11.8 Å². The summed E-state index contributed by atoms with van der Waals surface area (Å²) < 4.78 is 10.8. The number of ether oxygens (including phenoxy) is 2. The Kier molecular flexibility index (Phi) is 4.54. The molecule has 176 valence electrons. The maximum atomic E-state index is 14.2. The van der Waals surface area contributed by atoms with Crippen LogP contribution in [0.1, 0.15) is 24.0 Å². The minimum Gasteiger partial charge on any atom is -0.497 e. The monoisotopic (exact) mass is 481 g/mol. The Labute approximate surface area is 201 Å². The lowest BCUT2D eigenvalue weighted by Gasteiger charge is -2.37. The van der Waals surface area contributed by atoms with Crippen molar-refractivity contribution in [3.8, 4) is 11.5 Å². The first kappa shape index (κ1) is 21.4. The van der Waals surface area contributed by atoms with Gasteiger partial charge >= 0.3 is 0 Å². The summed E-state index contributed by atoms with van der Waals surface area (Å²) in [6.45, 7) is 2.55. The summed E-state index contributed by atoms with van der Waals surface area (Å²) in [4.78, 5) is 45.1. The maximum absolute atomic E-state index is 14.2. The van der Waals surface area contributed by atoms with Crippen LogP contribution >= 0.6 is 11.6 Å². The molecule has 4 heterocycles. The number of methoxy groups -OCH3 is 2. The van der Waals surface area contributed by atoms with Crippen molar-refractivity contribution in [3.05, 3.63) is 46.5 Å². The molecule has 2 aromatic carbocycles. The fourth-order valence-corrected chi connectivity index (χ4v) is 6.93. The molecule has 0 aromatic heterocycles. The molecule has 1 spiro atoms. The molecule has 0 unspecified atom stereocenters. The van der Waals surface area contributed by atoms with E-state index in [0.717, 1.165) is 18.4 Å². The predicted octanol–water partition coefficient (Wildman–Crippen LogP) is 3.10. The average Bonchev–Trinajstić information content (AvgIpc) is 3.52. The molecule has 1 N–H and O–H groups in total. The third-order valence-corrected chi connectivity index (χ3v) is 8.12. The lowest BCUT2D eigenvalue weighted by molar-refractivity contribution is -0.135. The number of imide groups is 1. The van der Waals surface area contributed by atoms with Crippen LogP contribution in [-0.2, 0) is 19.9 Å². The Morgan fingerprint density at radius 1 is 1.09 bits per heavy atom. The van der Waals surface area contributed by atoms with Crippen LogP contribution in [0, 0.1) is 18.8 Å². The van der Waals surface area contributed by atoms with Crippen LogP contribution in [0.2, 0.25) is 5.02 Å². The Morgan fingerprint density at radius 3 is 2.62 bits per heavy atom. The number of rotatable bonds is 3. The summed E-state index contributed by atoms with van der Waals surface area (Å²) in [5, 5.41) is 3.38. The molecule has 4 aliphatic heterocycles. The zero-order valence-corrected chi connectivity index (χ0v) is 19.8. The molecule has 3 fully saturated rings. The van der Waals surface area contributed by atoms with Crippen LogP contribution in [0.15, 0.2) is 30.3 Å². The molecular formula is C25H24ClN3O5.